The number of rotatable bonds is 9. The van der Waals surface area contributed by atoms with Crippen molar-refractivity contribution in [2.24, 2.45) is 11.7 Å². The number of amides is 2. The molecule has 2 aromatic carbocycles. The molecule has 0 aliphatic carbocycles. The van der Waals surface area contributed by atoms with Crippen molar-refractivity contribution in [2.75, 3.05) is 6.54 Å². The molecule has 2 amide bonds. The minimum absolute atomic E-state index is 0.129. The molecule has 28 heavy (non-hydrogen) atoms. The van der Waals surface area contributed by atoms with Gasteiger partial charge in [0.05, 0.1) is 12.5 Å². The zero-order chi connectivity index (χ0) is 20.6. The minimum Gasteiger partial charge on any atom is -0.350 e. The smallest absolute Gasteiger partial charge is 0.251 e. The lowest BCUT2D eigenvalue weighted by Gasteiger charge is -2.32. The van der Waals surface area contributed by atoms with Gasteiger partial charge in [0.1, 0.15) is 0 Å². The highest BCUT2D eigenvalue weighted by atomic mass is 16.2. The Balaban J connectivity index is 2.14. The number of carbonyl (C=O) groups excluding carboxylic acids is 2. The predicted molar refractivity (Wildman–Crippen MR) is 113 cm³/mol. The standard InChI is InChI=1S/C23H31N3O2/c1-17(2)15-23(3,16-24)26-21(27)14-20(18-10-6-4-7-11-18)25-22(28)19-12-8-5-9-13-19/h4-13,17,20H,14-16,24H2,1-3H3,(H,25,28)(H,26,27). The van der Waals surface area contributed by atoms with Crippen LogP contribution in [0.4, 0.5) is 0 Å². The fourth-order valence-corrected chi connectivity index (χ4v) is 3.43. The summed E-state index contributed by atoms with van der Waals surface area (Å²) in [5.41, 5.74) is 6.91. The summed E-state index contributed by atoms with van der Waals surface area (Å²) in [7, 11) is 0. The molecule has 0 aliphatic heterocycles. The molecule has 0 saturated heterocycles. The van der Waals surface area contributed by atoms with Crippen LogP contribution in [0.3, 0.4) is 0 Å². The molecule has 150 valence electrons. The van der Waals surface area contributed by atoms with Crippen molar-refractivity contribution in [3.8, 4) is 0 Å². The second-order valence-electron chi connectivity index (χ2n) is 7.92. The third-order valence-corrected chi connectivity index (χ3v) is 4.68. The van der Waals surface area contributed by atoms with E-state index in [0.29, 0.717) is 18.0 Å². The van der Waals surface area contributed by atoms with E-state index in [1.165, 1.54) is 0 Å². The average Bonchev–Trinajstić information content (AvgIpc) is 2.68. The summed E-state index contributed by atoms with van der Waals surface area (Å²) < 4.78 is 0. The number of nitrogens with two attached hydrogens (primary N) is 1. The number of nitrogens with one attached hydrogen (secondary N) is 2. The van der Waals surface area contributed by atoms with Crippen molar-refractivity contribution in [3.05, 3.63) is 71.8 Å². The van der Waals surface area contributed by atoms with Crippen LogP contribution < -0.4 is 16.4 Å². The summed E-state index contributed by atoms with van der Waals surface area (Å²) in [5, 5.41) is 6.07. The number of hydrogen-bond acceptors (Lipinski definition) is 3. The Morgan fingerprint density at radius 1 is 1.00 bits per heavy atom. The molecule has 0 saturated carbocycles. The first-order valence-corrected chi connectivity index (χ1v) is 9.75. The van der Waals surface area contributed by atoms with Crippen molar-refractivity contribution in [1.29, 1.82) is 0 Å². The van der Waals surface area contributed by atoms with E-state index in [2.05, 4.69) is 24.5 Å². The van der Waals surface area contributed by atoms with Gasteiger partial charge in [0, 0.05) is 17.6 Å². The lowest BCUT2D eigenvalue weighted by Crippen LogP contribution is -2.52. The lowest BCUT2D eigenvalue weighted by atomic mass is 9.90. The van der Waals surface area contributed by atoms with E-state index in [-0.39, 0.29) is 18.2 Å². The highest BCUT2D eigenvalue weighted by Gasteiger charge is 2.27. The van der Waals surface area contributed by atoms with Crippen LogP contribution in [0.25, 0.3) is 0 Å². The maximum absolute atomic E-state index is 12.8. The van der Waals surface area contributed by atoms with Gasteiger partial charge < -0.3 is 16.4 Å². The Kier molecular flexibility index (Phi) is 7.76. The molecule has 2 atom stereocenters. The molecule has 5 nitrogen and oxygen atoms in total. The highest BCUT2D eigenvalue weighted by Crippen LogP contribution is 2.20. The Morgan fingerprint density at radius 2 is 1.57 bits per heavy atom. The molecule has 0 bridgehead atoms. The van der Waals surface area contributed by atoms with E-state index >= 15 is 0 Å². The van der Waals surface area contributed by atoms with Gasteiger partial charge in [-0.15, -0.1) is 0 Å². The van der Waals surface area contributed by atoms with Crippen LogP contribution in [0.1, 0.15) is 55.6 Å². The zero-order valence-corrected chi connectivity index (χ0v) is 16.9. The Morgan fingerprint density at radius 3 is 2.11 bits per heavy atom. The molecular weight excluding hydrogens is 350 g/mol. The van der Waals surface area contributed by atoms with Crippen LogP contribution in [0.5, 0.6) is 0 Å². The van der Waals surface area contributed by atoms with E-state index < -0.39 is 11.6 Å². The first-order chi connectivity index (χ1) is 13.3. The van der Waals surface area contributed by atoms with E-state index in [4.69, 9.17) is 5.73 Å². The van der Waals surface area contributed by atoms with Crippen LogP contribution in [0.15, 0.2) is 60.7 Å². The van der Waals surface area contributed by atoms with Crippen molar-refractivity contribution >= 4 is 11.8 Å². The summed E-state index contributed by atoms with van der Waals surface area (Å²) in [6, 6.07) is 18.1. The summed E-state index contributed by atoms with van der Waals surface area (Å²) >= 11 is 0. The van der Waals surface area contributed by atoms with Crippen molar-refractivity contribution in [3.63, 3.8) is 0 Å². The normalized spacial score (nSPS) is 14.2. The lowest BCUT2D eigenvalue weighted by molar-refractivity contribution is -0.123. The maximum Gasteiger partial charge on any atom is 0.251 e. The van der Waals surface area contributed by atoms with Gasteiger partial charge in [-0.3, -0.25) is 9.59 Å². The molecule has 0 heterocycles. The highest BCUT2D eigenvalue weighted by molar-refractivity contribution is 5.94. The molecule has 0 aliphatic rings. The van der Waals surface area contributed by atoms with Gasteiger partial charge in [-0.25, -0.2) is 0 Å². The first kappa shape index (κ1) is 21.6. The van der Waals surface area contributed by atoms with Crippen molar-refractivity contribution < 1.29 is 9.59 Å². The van der Waals surface area contributed by atoms with Gasteiger partial charge in [-0.1, -0.05) is 62.4 Å². The van der Waals surface area contributed by atoms with Crippen molar-refractivity contribution in [1.82, 2.24) is 10.6 Å². The summed E-state index contributed by atoms with van der Waals surface area (Å²) in [6.45, 7) is 6.54. The molecule has 5 heteroatoms. The quantitative estimate of drug-likeness (QED) is 0.622. The van der Waals surface area contributed by atoms with Gasteiger partial charge in [0.15, 0.2) is 0 Å². The van der Waals surface area contributed by atoms with Gasteiger partial charge in [-0.05, 0) is 37.0 Å². The molecule has 4 N–H and O–H groups in total. The Labute approximate surface area is 167 Å². The predicted octanol–water partition coefficient (Wildman–Crippen LogP) is 3.43. The summed E-state index contributed by atoms with van der Waals surface area (Å²) in [5.74, 6) is 0.0818. The topological polar surface area (TPSA) is 84.2 Å². The fraction of sp³-hybridized carbons (Fsp3) is 0.391. The summed E-state index contributed by atoms with van der Waals surface area (Å²) in [4.78, 5) is 25.4. The number of hydrogen-bond donors (Lipinski definition) is 3. The second kappa shape index (κ2) is 10.0. The van der Waals surface area contributed by atoms with E-state index in [1.807, 2.05) is 55.5 Å². The number of carbonyl (C=O) groups is 2. The van der Waals surface area contributed by atoms with Gasteiger partial charge >= 0.3 is 0 Å². The third-order valence-electron chi connectivity index (χ3n) is 4.68. The average molecular weight is 382 g/mol. The molecule has 0 fully saturated rings. The Hall–Kier alpha value is -2.66. The third kappa shape index (κ3) is 6.50. The molecule has 2 rings (SSSR count). The van der Waals surface area contributed by atoms with Gasteiger partial charge in [0.2, 0.25) is 5.91 Å². The monoisotopic (exact) mass is 381 g/mol. The minimum atomic E-state index is -0.462. The first-order valence-electron chi connectivity index (χ1n) is 9.75. The molecule has 2 unspecified atom stereocenters. The van der Waals surface area contributed by atoms with E-state index in [1.54, 1.807) is 12.1 Å². The number of benzene rings is 2. The van der Waals surface area contributed by atoms with Gasteiger partial charge in [0.25, 0.3) is 5.91 Å². The van der Waals surface area contributed by atoms with E-state index in [9.17, 15) is 9.59 Å². The van der Waals surface area contributed by atoms with Crippen LogP contribution >= 0.6 is 0 Å². The van der Waals surface area contributed by atoms with Crippen LogP contribution in [0.2, 0.25) is 0 Å². The zero-order valence-electron chi connectivity index (χ0n) is 16.9. The van der Waals surface area contributed by atoms with E-state index in [0.717, 1.165) is 12.0 Å². The van der Waals surface area contributed by atoms with Crippen LogP contribution in [0, 0.1) is 5.92 Å². The Bertz CT molecular complexity index is 762. The summed E-state index contributed by atoms with van der Waals surface area (Å²) in [6.07, 6.45) is 0.942. The van der Waals surface area contributed by atoms with Crippen molar-refractivity contribution in [2.45, 2.75) is 45.2 Å². The molecule has 0 aromatic heterocycles. The molecule has 0 spiro atoms. The molecular formula is C23H31N3O2. The SMILES string of the molecule is CC(C)CC(C)(CN)NC(=O)CC(NC(=O)c1ccccc1)c1ccccc1. The molecule has 0 radical (unpaired) electrons. The fourth-order valence-electron chi connectivity index (χ4n) is 3.43. The largest absolute Gasteiger partial charge is 0.350 e. The second-order valence-corrected chi connectivity index (χ2v) is 7.92. The molecule has 2 aromatic rings. The van der Waals surface area contributed by atoms with Crippen LogP contribution in [-0.4, -0.2) is 23.9 Å². The maximum atomic E-state index is 12.8. The van der Waals surface area contributed by atoms with Crippen LogP contribution in [-0.2, 0) is 4.79 Å². The van der Waals surface area contributed by atoms with Gasteiger partial charge in [-0.2, -0.15) is 0 Å².